The molecule has 0 amide bonds. The molecule has 1 rings (SSSR count). The fourth-order valence-corrected chi connectivity index (χ4v) is 1.14. The summed E-state index contributed by atoms with van der Waals surface area (Å²) < 4.78 is 0. The maximum Gasteiger partial charge on any atom is 0.0682 e. The lowest BCUT2D eigenvalue weighted by Crippen LogP contribution is -1.86. The summed E-state index contributed by atoms with van der Waals surface area (Å²) in [5.41, 5.74) is 3.27. The highest BCUT2D eigenvalue weighted by molar-refractivity contribution is 5.55. The van der Waals surface area contributed by atoms with Gasteiger partial charge in [-0.1, -0.05) is 36.9 Å². The second kappa shape index (κ2) is 4.63. The molecule has 13 heavy (non-hydrogen) atoms. The number of allylic oxidation sites excluding steroid dienone is 2. The molecular formula is C12H14O. The number of rotatable bonds is 3. The van der Waals surface area contributed by atoms with E-state index in [0.29, 0.717) is 0 Å². The number of benzene rings is 1. The van der Waals surface area contributed by atoms with Gasteiger partial charge in [-0.25, -0.2) is 0 Å². The van der Waals surface area contributed by atoms with E-state index in [9.17, 15) is 0 Å². The minimum atomic E-state index is 0.0925. The van der Waals surface area contributed by atoms with Crippen LogP contribution in [0.5, 0.6) is 0 Å². The van der Waals surface area contributed by atoms with E-state index in [-0.39, 0.29) is 6.61 Å². The quantitative estimate of drug-likeness (QED) is 0.698. The fourth-order valence-electron chi connectivity index (χ4n) is 1.14. The zero-order chi connectivity index (χ0) is 9.68. The summed E-state index contributed by atoms with van der Waals surface area (Å²) in [7, 11) is 0. The molecule has 1 heteroatoms. The normalized spacial score (nSPS) is 10.6. The van der Waals surface area contributed by atoms with Gasteiger partial charge in [0.25, 0.3) is 0 Å². The number of aliphatic hydroxyl groups excluding tert-OH is 1. The summed E-state index contributed by atoms with van der Waals surface area (Å²) in [4.78, 5) is 0. The lowest BCUT2D eigenvalue weighted by Gasteiger charge is -2.02. The highest BCUT2D eigenvalue weighted by Gasteiger charge is 1.95. The van der Waals surface area contributed by atoms with Crippen molar-refractivity contribution in [1.29, 1.82) is 0 Å². The van der Waals surface area contributed by atoms with E-state index in [1.165, 1.54) is 5.56 Å². The molecule has 0 saturated carbocycles. The zero-order valence-electron chi connectivity index (χ0n) is 7.83. The van der Waals surface area contributed by atoms with E-state index in [1.807, 2.05) is 37.3 Å². The van der Waals surface area contributed by atoms with Crippen LogP contribution in [-0.2, 0) is 6.61 Å². The summed E-state index contributed by atoms with van der Waals surface area (Å²) in [5.74, 6) is 0. The zero-order valence-corrected chi connectivity index (χ0v) is 7.83. The van der Waals surface area contributed by atoms with Crippen LogP contribution in [0.3, 0.4) is 0 Å². The maximum atomic E-state index is 8.93. The SMILES string of the molecule is C=C/C=C\c1cc(CO)ccc1C. The average molecular weight is 174 g/mol. The molecule has 1 aromatic carbocycles. The minimum absolute atomic E-state index is 0.0925. The summed E-state index contributed by atoms with van der Waals surface area (Å²) >= 11 is 0. The van der Waals surface area contributed by atoms with Crippen molar-refractivity contribution in [2.24, 2.45) is 0 Å². The predicted molar refractivity (Wildman–Crippen MR) is 56.3 cm³/mol. The number of hydrogen-bond acceptors (Lipinski definition) is 1. The molecule has 1 nitrogen and oxygen atoms in total. The van der Waals surface area contributed by atoms with Crippen LogP contribution in [0.4, 0.5) is 0 Å². The molecule has 0 heterocycles. The van der Waals surface area contributed by atoms with Crippen LogP contribution in [0, 0.1) is 6.92 Å². The van der Waals surface area contributed by atoms with Gasteiger partial charge < -0.3 is 5.11 Å². The van der Waals surface area contributed by atoms with E-state index in [2.05, 4.69) is 6.58 Å². The Bertz CT molecular complexity index is 324. The van der Waals surface area contributed by atoms with Crippen LogP contribution in [-0.4, -0.2) is 5.11 Å². The van der Waals surface area contributed by atoms with Crippen molar-refractivity contribution in [1.82, 2.24) is 0 Å². The Balaban J connectivity index is 3.03. The van der Waals surface area contributed by atoms with Crippen LogP contribution < -0.4 is 0 Å². The standard InChI is InChI=1S/C12H14O/c1-3-4-5-12-8-11(9-13)7-6-10(12)2/h3-8,13H,1,9H2,2H3/b5-4-. The maximum absolute atomic E-state index is 8.93. The molecule has 68 valence electrons. The lowest BCUT2D eigenvalue weighted by molar-refractivity contribution is 0.282. The van der Waals surface area contributed by atoms with Gasteiger partial charge in [0.05, 0.1) is 6.61 Å². The molecule has 0 aliphatic carbocycles. The highest BCUT2D eigenvalue weighted by Crippen LogP contribution is 2.12. The van der Waals surface area contributed by atoms with E-state index >= 15 is 0 Å². The Kier molecular flexibility index (Phi) is 3.47. The van der Waals surface area contributed by atoms with E-state index in [4.69, 9.17) is 5.11 Å². The molecular weight excluding hydrogens is 160 g/mol. The first-order valence-corrected chi connectivity index (χ1v) is 4.27. The van der Waals surface area contributed by atoms with Gasteiger partial charge in [0.15, 0.2) is 0 Å². The monoisotopic (exact) mass is 174 g/mol. The van der Waals surface area contributed by atoms with Crippen LogP contribution >= 0.6 is 0 Å². The van der Waals surface area contributed by atoms with Gasteiger partial charge >= 0.3 is 0 Å². The Morgan fingerprint density at radius 1 is 1.46 bits per heavy atom. The third kappa shape index (κ3) is 2.56. The van der Waals surface area contributed by atoms with Gasteiger partial charge in [-0.15, -0.1) is 0 Å². The van der Waals surface area contributed by atoms with Gasteiger partial charge in [-0.05, 0) is 29.7 Å². The van der Waals surface area contributed by atoms with Crippen molar-refractivity contribution in [2.75, 3.05) is 0 Å². The smallest absolute Gasteiger partial charge is 0.0682 e. The Hall–Kier alpha value is -1.34. The first kappa shape index (κ1) is 9.75. The summed E-state index contributed by atoms with van der Waals surface area (Å²) in [6, 6.07) is 5.92. The van der Waals surface area contributed by atoms with Crippen LogP contribution in [0.2, 0.25) is 0 Å². The second-order valence-electron chi connectivity index (χ2n) is 2.94. The molecule has 0 saturated heterocycles. The van der Waals surface area contributed by atoms with Gasteiger partial charge in [-0.2, -0.15) is 0 Å². The molecule has 0 fully saturated rings. The van der Waals surface area contributed by atoms with Crippen LogP contribution in [0.1, 0.15) is 16.7 Å². The van der Waals surface area contributed by atoms with E-state index < -0.39 is 0 Å². The third-order valence-corrected chi connectivity index (χ3v) is 1.94. The van der Waals surface area contributed by atoms with Gasteiger partial charge in [0.1, 0.15) is 0 Å². The van der Waals surface area contributed by atoms with Crippen molar-refractivity contribution < 1.29 is 5.11 Å². The molecule has 0 spiro atoms. The van der Waals surface area contributed by atoms with E-state index in [0.717, 1.165) is 11.1 Å². The van der Waals surface area contributed by atoms with Crippen LogP contribution in [0.15, 0.2) is 36.9 Å². The molecule has 0 atom stereocenters. The fraction of sp³-hybridized carbons (Fsp3) is 0.167. The molecule has 0 bridgehead atoms. The summed E-state index contributed by atoms with van der Waals surface area (Å²) in [5, 5.41) is 8.93. The predicted octanol–water partition coefficient (Wildman–Crippen LogP) is 2.69. The average Bonchev–Trinajstić information content (AvgIpc) is 2.17. The van der Waals surface area contributed by atoms with Crippen molar-refractivity contribution in [3.05, 3.63) is 53.6 Å². The van der Waals surface area contributed by atoms with Crippen LogP contribution in [0.25, 0.3) is 6.08 Å². The largest absolute Gasteiger partial charge is 0.392 e. The first-order valence-electron chi connectivity index (χ1n) is 4.27. The van der Waals surface area contributed by atoms with Crippen molar-refractivity contribution in [3.8, 4) is 0 Å². The van der Waals surface area contributed by atoms with Gasteiger partial charge in [0, 0.05) is 0 Å². The summed E-state index contributed by atoms with van der Waals surface area (Å²) in [6.07, 6.45) is 5.62. The molecule has 0 unspecified atom stereocenters. The molecule has 1 aromatic rings. The Labute approximate surface area is 79.0 Å². The Morgan fingerprint density at radius 2 is 2.23 bits per heavy atom. The molecule has 0 radical (unpaired) electrons. The van der Waals surface area contributed by atoms with Gasteiger partial charge in [-0.3, -0.25) is 0 Å². The highest BCUT2D eigenvalue weighted by atomic mass is 16.3. The number of hydrogen-bond donors (Lipinski definition) is 1. The molecule has 1 N–H and O–H groups in total. The summed E-state index contributed by atoms with van der Waals surface area (Å²) in [6.45, 7) is 5.75. The number of aryl methyl sites for hydroxylation is 1. The topological polar surface area (TPSA) is 20.2 Å². The first-order chi connectivity index (χ1) is 6.27. The van der Waals surface area contributed by atoms with Crippen molar-refractivity contribution >= 4 is 6.08 Å². The van der Waals surface area contributed by atoms with E-state index in [1.54, 1.807) is 6.08 Å². The Morgan fingerprint density at radius 3 is 2.85 bits per heavy atom. The van der Waals surface area contributed by atoms with Gasteiger partial charge in [0.2, 0.25) is 0 Å². The van der Waals surface area contributed by atoms with Crippen molar-refractivity contribution in [3.63, 3.8) is 0 Å². The lowest BCUT2D eigenvalue weighted by atomic mass is 10.0. The molecule has 0 aliphatic rings. The number of aliphatic hydroxyl groups is 1. The molecule has 0 aromatic heterocycles. The minimum Gasteiger partial charge on any atom is -0.392 e. The molecule has 0 aliphatic heterocycles. The second-order valence-corrected chi connectivity index (χ2v) is 2.94. The third-order valence-electron chi connectivity index (χ3n) is 1.94. The van der Waals surface area contributed by atoms with Crippen molar-refractivity contribution in [2.45, 2.75) is 13.5 Å².